The fraction of sp³-hybridized carbons (Fsp3) is 1.00. The molecule has 2 atom stereocenters. The zero-order valence-corrected chi connectivity index (χ0v) is 9.12. The molecule has 2 aliphatic rings. The van der Waals surface area contributed by atoms with Gasteiger partial charge in [-0.2, -0.15) is 0 Å². The van der Waals surface area contributed by atoms with Crippen LogP contribution in [0.4, 0.5) is 0 Å². The van der Waals surface area contributed by atoms with Gasteiger partial charge in [-0.25, -0.2) is 3.11 Å². The maximum Gasteiger partial charge on any atom is 0.0238 e. The molecule has 2 aliphatic heterocycles. The molecule has 2 unspecified atom stereocenters. The summed E-state index contributed by atoms with van der Waals surface area (Å²) in [4.78, 5) is 2.68. The molecule has 0 amide bonds. The third kappa shape index (κ3) is 1.55. The predicted octanol–water partition coefficient (Wildman–Crippen LogP) is 1.50. The minimum absolute atomic E-state index is 0.785. The van der Waals surface area contributed by atoms with E-state index in [4.69, 9.17) is 0 Å². The van der Waals surface area contributed by atoms with E-state index in [2.05, 4.69) is 37.8 Å². The number of rotatable bonds is 0. The van der Waals surface area contributed by atoms with Crippen molar-refractivity contribution < 1.29 is 0 Å². The van der Waals surface area contributed by atoms with E-state index in [9.17, 15) is 0 Å². The van der Waals surface area contributed by atoms with E-state index in [1.807, 2.05) is 0 Å². The number of piperazine rings is 1. The van der Waals surface area contributed by atoms with Crippen molar-refractivity contribution in [3.05, 3.63) is 0 Å². The highest BCUT2D eigenvalue weighted by Gasteiger charge is 2.33. The number of nitrogens with zero attached hydrogens (tertiary/aromatic N) is 2. The van der Waals surface area contributed by atoms with Crippen molar-refractivity contribution in [1.29, 1.82) is 0 Å². The smallest absolute Gasteiger partial charge is 0.0238 e. The summed E-state index contributed by atoms with van der Waals surface area (Å²) in [6, 6.07) is 1.66. The summed E-state index contributed by atoms with van der Waals surface area (Å²) in [5.74, 6) is 0. The lowest BCUT2D eigenvalue weighted by Crippen LogP contribution is -2.51. The molecule has 2 saturated heterocycles. The third-order valence-corrected chi connectivity index (χ3v) is 3.65. The Labute approximate surface area is 82.4 Å². The standard InChI is InChI=1S/C8H15IN2/c1-7-5-10(9)6-8-3-2-4-11(7)8/h7-8H,2-6H2,1H3. The van der Waals surface area contributed by atoms with Crippen LogP contribution in [-0.4, -0.2) is 39.7 Å². The topological polar surface area (TPSA) is 6.48 Å². The van der Waals surface area contributed by atoms with E-state index < -0.39 is 0 Å². The number of fused-ring (bicyclic) bond motifs is 1. The summed E-state index contributed by atoms with van der Waals surface area (Å²) in [6.45, 7) is 6.22. The van der Waals surface area contributed by atoms with Gasteiger partial charge in [0, 0.05) is 48.0 Å². The van der Waals surface area contributed by atoms with E-state index >= 15 is 0 Å². The quantitative estimate of drug-likeness (QED) is 0.484. The summed E-state index contributed by atoms with van der Waals surface area (Å²) in [7, 11) is 0. The lowest BCUT2D eigenvalue weighted by Gasteiger charge is -2.39. The van der Waals surface area contributed by atoms with Gasteiger partial charge in [0.25, 0.3) is 0 Å². The molecule has 2 nitrogen and oxygen atoms in total. The Morgan fingerprint density at radius 3 is 3.00 bits per heavy atom. The average Bonchev–Trinajstić information content (AvgIpc) is 2.34. The maximum absolute atomic E-state index is 2.68. The van der Waals surface area contributed by atoms with E-state index in [-0.39, 0.29) is 0 Å². The van der Waals surface area contributed by atoms with Gasteiger partial charge >= 0.3 is 0 Å². The first kappa shape index (κ1) is 8.26. The number of halogens is 1. The minimum Gasteiger partial charge on any atom is -0.295 e. The molecule has 11 heavy (non-hydrogen) atoms. The van der Waals surface area contributed by atoms with Crippen LogP contribution in [-0.2, 0) is 0 Å². The third-order valence-electron chi connectivity index (χ3n) is 2.86. The molecule has 0 N–H and O–H groups in total. The van der Waals surface area contributed by atoms with Gasteiger partial charge in [0.05, 0.1) is 0 Å². The molecule has 0 radical (unpaired) electrons. The summed E-state index contributed by atoms with van der Waals surface area (Å²) >= 11 is 2.45. The van der Waals surface area contributed by atoms with E-state index in [1.165, 1.54) is 32.5 Å². The minimum atomic E-state index is 0.785. The lowest BCUT2D eigenvalue weighted by atomic mass is 10.1. The number of hydrogen-bond donors (Lipinski definition) is 0. The first-order chi connectivity index (χ1) is 5.27. The van der Waals surface area contributed by atoms with E-state index in [0.29, 0.717) is 0 Å². The predicted molar refractivity (Wildman–Crippen MR) is 54.8 cm³/mol. The first-order valence-electron chi connectivity index (χ1n) is 4.44. The van der Waals surface area contributed by atoms with E-state index in [1.54, 1.807) is 0 Å². The van der Waals surface area contributed by atoms with Crippen molar-refractivity contribution in [2.24, 2.45) is 0 Å². The van der Waals surface area contributed by atoms with Crippen LogP contribution < -0.4 is 0 Å². The normalized spacial score (nSPS) is 40.9. The van der Waals surface area contributed by atoms with Crippen LogP contribution in [0.5, 0.6) is 0 Å². The van der Waals surface area contributed by atoms with Crippen LogP contribution in [0.3, 0.4) is 0 Å². The van der Waals surface area contributed by atoms with E-state index in [0.717, 1.165) is 12.1 Å². The van der Waals surface area contributed by atoms with Gasteiger partial charge in [-0.05, 0) is 26.3 Å². The largest absolute Gasteiger partial charge is 0.295 e. The van der Waals surface area contributed by atoms with Crippen molar-refractivity contribution in [2.45, 2.75) is 31.8 Å². The lowest BCUT2D eigenvalue weighted by molar-refractivity contribution is 0.117. The zero-order chi connectivity index (χ0) is 7.84. The molecule has 0 aliphatic carbocycles. The molecule has 2 rings (SSSR count). The number of hydrogen-bond acceptors (Lipinski definition) is 2. The van der Waals surface area contributed by atoms with Crippen LogP contribution >= 0.6 is 22.9 Å². The first-order valence-corrected chi connectivity index (χ1v) is 5.40. The molecule has 0 saturated carbocycles. The second-order valence-electron chi connectivity index (χ2n) is 3.71. The van der Waals surface area contributed by atoms with Crippen LogP contribution in [0.1, 0.15) is 19.8 Å². The molecule has 0 bridgehead atoms. The van der Waals surface area contributed by atoms with Crippen LogP contribution in [0.2, 0.25) is 0 Å². The van der Waals surface area contributed by atoms with Crippen molar-refractivity contribution >= 4 is 22.9 Å². The van der Waals surface area contributed by atoms with Gasteiger partial charge in [0.2, 0.25) is 0 Å². The highest BCUT2D eigenvalue weighted by atomic mass is 127. The van der Waals surface area contributed by atoms with Gasteiger partial charge in [-0.15, -0.1) is 0 Å². The molecular weight excluding hydrogens is 251 g/mol. The summed E-state index contributed by atoms with van der Waals surface area (Å²) in [5.41, 5.74) is 0. The SMILES string of the molecule is CC1CN(I)CC2CCCN12. The van der Waals surface area contributed by atoms with Gasteiger partial charge in [0.1, 0.15) is 0 Å². The average molecular weight is 266 g/mol. The van der Waals surface area contributed by atoms with Crippen molar-refractivity contribution in [2.75, 3.05) is 19.6 Å². The fourth-order valence-electron chi connectivity index (χ4n) is 2.33. The second kappa shape index (κ2) is 3.18. The fourth-order valence-corrected chi connectivity index (χ4v) is 3.35. The molecule has 2 heterocycles. The molecule has 2 fully saturated rings. The summed E-state index contributed by atoms with van der Waals surface area (Å²) in [6.07, 6.45) is 2.84. The molecule has 3 heteroatoms. The van der Waals surface area contributed by atoms with Gasteiger partial charge in [0.15, 0.2) is 0 Å². The van der Waals surface area contributed by atoms with Crippen LogP contribution in [0.25, 0.3) is 0 Å². The molecule has 0 aromatic carbocycles. The van der Waals surface area contributed by atoms with Crippen LogP contribution in [0.15, 0.2) is 0 Å². The van der Waals surface area contributed by atoms with Crippen molar-refractivity contribution in [3.8, 4) is 0 Å². The van der Waals surface area contributed by atoms with Crippen LogP contribution in [0, 0.1) is 0 Å². The molecule has 0 aromatic heterocycles. The Morgan fingerprint density at radius 2 is 2.18 bits per heavy atom. The van der Waals surface area contributed by atoms with Crippen molar-refractivity contribution in [1.82, 2.24) is 8.01 Å². The Kier molecular flexibility index (Phi) is 2.39. The summed E-state index contributed by atoms with van der Waals surface area (Å²) < 4.78 is 2.44. The molecule has 64 valence electrons. The Hall–Kier alpha value is 0.650. The van der Waals surface area contributed by atoms with Gasteiger partial charge in [-0.1, -0.05) is 0 Å². The monoisotopic (exact) mass is 266 g/mol. The summed E-state index contributed by atoms with van der Waals surface area (Å²) in [5, 5.41) is 0. The molecule has 0 aromatic rings. The highest BCUT2D eigenvalue weighted by Crippen LogP contribution is 2.26. The zero-order valence-electron chi connectivity index (χ0n) is 6.96. The van der Waals surface area contributed by atoms with Gasteiger partial charge < -0.3 is 0 Å². The maximum atomic E-state index is 2.68. The second-order valence-corrected chi connectivity index (χ2v) is 5.08. The Balaban J connectivity index is 2.04. The highest BCUT2D eigenvalue weighted by molar-refractivity contribution is 14.1. The molecule has 0 spiro atoms. The van der Waals surface area contributed by atoms with Gasteiger partial charge in [-0.3, -0.25) is 4.90 Å². The molecular formula is C8H15IN2. The Bertz CT molecular complexity index is 151. The Morgan fingerprint density at radius 1 is 1.36 bits per heavy atom. The van der Waals surface area contributed by atoms with Crippen molar-refractivity contribution in [3.63, 3.8) is 0 Å².